The lowest BCUT2D eigenvalue weighted by Gasteiger charge is -2.37. The van der Waals surface area contributed by atoms with E-state index < -0.39 is 0 Å². The zero-order chi connectivity index (χ0) is 10.7. The molecule has 2 rings (SSSR count). The maximum atomic E-state index is 9.48. The quantitative estimate of drug-likeness (QED) is 0.725. The molecule has 0 bridgehead atoms. The molecule has 2 fully saturated rings. The van der Waals surface area contributed by atoms with Crippen LogP contribution in [0, 0.1) is 5.41 Å². The average molecular weight is 215 g/mol. The monoisotopic (exact) mass is 215 g/mol. The zero-order valence-corrected chi connectivity index (χ0v) is 9.45. The summed E-state index contributed by atoms with van der Waals surface area (Å²) in [5.74, 6) is 0. The van der Waals surface area contributed by atoms with Gasteiger partial charge in [-0.05, 0) is 13.3 Å². The molecule has 88 valence electrons. The molecule has 0 aromatic heterocycles. The molecule has 2 unspecified atom stereocenters. The Labute approximate surface area is 91.2 Å². The van der Waals surface area contributed by atoms with Crippen molar-refractivity contribution in [3.05, 3.63) is 0 Å². The van der Waals surface area contributed by atoms with Crippen LogP contribution >= 0.6 is 0 Å². The number of morpholine rings is 1. The van der Waals surface area contributed by atoms with Crippen LogP contribution in [0.1, 0.15) is 13.3 Å². The lowest BCUT2D eigenvalue weighted by molar-refractivity contribution is -0.0407. The predicted octanol–water partition coefficient (Wildman–Crippen LogP) is 0.106. The summed E-state index contributed by atoms with van der Waals surface area (Å²) in [5, 5.41) is 9.48. The smallest absolute Gasteiger partial charge is 0.0674 e. The van der Waals surface area contributed by atoms with Crippen LogP contribution in [0.3, 0.4) is 0 Å². The van der Waals surface area contributed by atoms with E-state index in [1.807, 2.05) is 0 Å². The summed E-state index contributed by atoms with van der Waals surface area (Å²) in [6.07, 6.45) is 1.30. The Morgan fingerprint density at radius 1 is 1.47 bits per heavy atom. The van der Waals surface area contributed by atoms with Crippen LogP contribution in [0.4, 0.5) is 0 Å². The first-order valence-corrected chi connectivity index (χ1v) is 5.77. The van der Waals surface area contributed by atoms with E-state index in [1.54, 1.807) is 0 Å². The van der Waals surface area contributed by atoms with Gasteiger partial charge in [-0.15, -0.1) is 0 Å². The van der Waals surface area contributed by atoms with E-state index in [0.717, 1.165) is 39.3 Å². The molecule has 0 spiro atoms. The Hall–Kier alpha value is -0.160. The molecule has 0 aliphatic carbocycles. The highest BCUT2D eigenvalue weighted by Crippen LogP contribution is 2.29. The Morgan fingerprint density at radius 3 is 2.93 bits per heavy atom. The van der Waals surface area contributed by atoms with Gasteiger partial charge in [0.25, 0.3) is 0 Å². The number of aliphatic hydroxyl groups is 1. The predicted molar refractivity (Wildman–Crippen MR) is 56.8 cm³/mol. The molecule has 0 aromatic carbocycles. The van der Waals surface area contributed by atoms with Crippen LogP contribution in [-0.2, 0) is 9.47 Å². The molecule has 4 heteroatoms. The highest BCUT2D eigenvalue weighted by atomic mass is 16.5. The minimum atomic E-state index is -0.0168. The fourth-order valence-corrected chi connectivity index (χ4v) is 2.46. The molecule has 0 aromatic rings. The van der Waals surface area contributed by atoms with Gasteiger partial charge in [0, 0.05) is 31.7 Å². The Bertz CT molecular complexity index is 204. The van der Waals surface area contributed by atoms with E-state index in [0.29, 0.717) is 12.7 Å². The van der Waals surface area contributed by atoms with E-state index in [4.69, 9.17) is 9.47 Å². The largest absolute Gasteiger partial charge is 0.396 e. The van der Waals surface area contributed by atoms with Crippen LogP contribution in [0.25, 0.3) is 0 Å². The van der Waals surface area contributed by atoms with Gasteiger partial charge in [0.2, 0.25) is 0 Å². The van der Waals surface area contributed by atoms with Gasteiger partial charge in [-0.2, -0.15) is 0 Å². The summed E-state index contributed by atoms with van der Waals surface area (Å²) in [7, 11) is 0. The van der Waals surface area contributed by atoms with Crippen molar-refractivity contribution in [2.75, 3.05) is 46.1 Å². The standard InChI is InChI=1S/C11H21NO3/c1-10-6-12(3-5-15-10)7-11(8-13)2-4-14-9-11/h10,13H,2-9H2,1H3. The maximum Gasteiger partial charge on any atom is 0.0674 e. The van der Waals surface area contributed by atoms with Crippen LogP contribution < -0.4 is 0 Å². The highest BCUT2D eigenvalue weighted by molar-refractivity contribution is 4.87. The number of hydrogen-bond donors (Lipinski definition) is 1. The van der Waals surface area contributed by atoms with Gasteiger partial charge in [-0.3, -0.25) is 4.90 Å². The van der Waals surface area contributed by atoms with E-state index in [-0.39, 0.29) is 12.0 Å². The Morgan fingerprint density at radius 2 is 2.33 bits per heavy atom. The fourth-order valence-electron chi connectivity index (χ4n) is 2.46. The molecular formula is C11H21NO3. The van der Waals surface area contributed by atoms with Gasteiger partial charge >= 0.3 is 0 Å². The van der Waals surface area contributed by atoms with Crippen molar-refractivity contribution < 1.29 is 14.6 Å². The molecule has 1 N–H and O–H groups in total. The van der Waals surface area contributed by atoms with Gasteiger partial charge in [0.15, 0.2) is 0 Å². The molecule has 4 nitrogen and oxygen atoms in total. The number of nitrogens with zero attached hydrogens (tertiary/aromatic N) is 1. The van der Waals surface area contributed by atoms with Gasteiger partial charge < -0.3 is 14.6 Å². The van der Waals surface area contributed by atoms with Crippen LogP contribution in [0.2, 0.25) is 0 Å². The molecule has 0 radical (unpaired) electrons. The second-order valence-corrected chi connectivity index (χ2v) is 4.88. The minimum Gasteiger partial charge on any atom is -0.396 e. The fraction of sp³-hybridized carbons (Fsp3) is 1.00. The zero-order valence-electron chi connectivity index (χ0n) is 9.45. The van der Waals surface area contributed by atoms with Crippen LogP contribution in [0.15, 0.2) is 0 Å². The molecule has 2 heterocycles. The van der Waals surface area contributed by atoms with E-state index >= 15 is 0 Å². The van der Waals surface area contributed by atoms with Crippen molar-refractivity contribution in [3.63, 3.8) is 0 Å². The summed E-state index contributed by atoms with van der Waals surface area (Å²) >= 11 is 0. The second kappa shape index (κ2) is 4.78. The summed E-state index contributed by atoms with van der Waals surface area (Å²) < 4.78 is 10.9. The van der Waals surface area contributed by atoms with Crippen molar-refractivity contribution in [2.45, 2.75) is 19.4 Å². The number of ether oxygens (including phenoxy) is 2. The van der Waals surface area contributed by atoms with Crippen molar-refractivity contribution in [2.24, 2.45) is 5.41 Å². The van der Waals surface area contributed by atoms with Crippen LogP contribution in [0.5, 0.6) is 0 Å². The summed E-state index contributed by atoms with van der Waals surface area (Å²) in [6.45, 7) is 7.53. The molecule has 2 aliphatic heterocycles. The highest BCUT2D eigenvalue weighted by Gasteiger charge is 2.36. The van der Waals surface area contributed by atoms with Gasteiger partial charge in [-0.1, -0.05) is 0 Å². The summed E-state index contributed by atoms with van der Waals surface area (Å²) in [5.41, 5.74) is -0.0168. The third-order valence-corrected chi connectivity index (χ3v) is 3.40. The Balaban J connectivity index is 1.88. The van der Waals surface area contributed by atoms with E-state index in [2.05, 4.69) is 11.8 Å². The third kappa shape index (κ3) is 2.69. The molecule has 2 atom stereocenters. The van der Waals surface area contributed by atoms with E-state index in [9.17, 15) is 5.11 Å². The lowest BCUT2D eigenvalue weighted by atomic mass is 9.87. The van der Waals surface area contributed by atoms with Gasteiger partial charge in [0.05, 0.1) is 25.9 Å². The van der Waals surface area contributed by atoms with Gasteiger partial charge in [-0.25, -0.2) is 0 Å². The molecule has 0 amide bonds. The number of rotatable bonds is 3. The normalized spacial score (nSPS) is 38.4. The minimum absolute atomic E-state index is 0.0168. The maximum absolute atomic E-state index is 9.48. The topological polar surface area (TPSA) is 41.9 Å². The Kier molecular flexibility index (Phi) is 3.61. The van der Waals surface area contributed by atoms with Crippen molar-refractivity contribution in [3.8, 4) is 0 Å². The lowest BCUT2D eigenvalue weighted by Crippen LogP contribution is -2.48. The summed E-state index contributed by atoms with van der Waals surface area (Å²) in [6, 6.07) is 0. The van der Waals surface area contributed by atoms with Crippen molar-refractivity contribution in [1.82, 2.24) is 4.90 Å². The second-order valence-electron chi connectivity index (χ2n) is 4.88. The summed E-state index contributed by atoms with van der Waals surface area (Å²) in [4.78, 5) is 2.39. The first-order chi connectivity index (χ1) is 7.24. The van der Waals surface area contributed by atoms with Gasteiger partial charge in [0.1, 0.15) is 0 Å². The van der Waals surface area contributed by atoms with Crippen molar-refractivity contribution >= 4 is 0 Å². The van der Waals surface area contributed by atoms with Crippen molar-refractivity contribution in [1.29, 1.82) is 0 Å². The number of aliphatic hydroxyl groups excluding tert-OH is 1. The molecule has 2 saturated heterocycles. The first-order valence-electron chi connectivity index (χ1n) is 5.77. The van der Waals surface area contributed by atoms with E-state index in [1.165, 1.54) is 0 Å². The van der Waals surface area contributed by atoms with Crippen LogP contribution in [-0.4, -0.2) is 62.2 Å². The SMILES string of the molecule is CC1CN(CC2(CO)CCOC2)CCO1. The molecule has 2 aliphatic rings. The number of hydrogen-bond acceptors (Lipinski definition) is 4. The third-order valence-electron chi connectivity index (χ3n) is 3.40. The average Bonchev–Trinajstić information content (AvgIpc) is 2.67. The first kappa shape index (κ1) is 11.3. The molecule has 15 heavy (non-hydrogen) atoms. The molecular weight excluding hydrogens is 194 g/mol. The molecule has 0 saturated carbocycles.